The van der Waals surface area contributed by atoms with Gasteiger partial charge in [-0.25, -0.2) is 4.79 Å². The molecule has 5 aliphatic carbocycles. The van der Waals surface area contributed by atoms with E-state index in [1.807, 2.05) is 19.9 Å². The normalized spacial score (nSPS) is 40.1. The second kappa shape index (κ2) is 12.9. The van der Waals surface area contributed by atoms with Gasteiger partial charge in [0.25, 0.3) is 0 Å². The van der Waals surface area contributed by atoms with Crippen LogP contribution in [0.1, 0.15) is 98.5 Å². The third kappa shape index (κ3) is 5.40. The molecule has 1 aromatic rings. The molecule has 1 spiro atoms. The molecule has 1 aliphatic heterocycles. The molecule has 0 bridgehead atoms. The standard InChI is InChI=1S/C28H32O7.C10H18ClN3O2/c1-14(29)34-17-12-26(5)16(15-8-10-33-13-15)11-19-28(26,35-19)27(6)21(17)25(4)9-7-18(30)24(2,3)22(25)20(31)23(27)32;1-8-2-4-9(5-3-8)12-10(15)14(13-16)7-6-11/h7-10,13,16-17,19,21,31H,11-12H2,1-6H3;8-9H,2-7H2,1H3,(H,12,15). The lowest BCUT2D eigenvalue weighted by molar-refractivity contribution is -0.200. The number of nitroso groups, excluding NO2 is 1. The van der Waals surface area contributed by atoms with Crippen LogP contribution in [0, 0.1) is 38.4 Å². The van der Waals surface area contributed by atoms with Gasteiger partial charge in [-0.05, 0) is 94.4 Å². The Morgan fingerprint density at radius 1 is 1.14 bits per heavy atom. The Morgan fingerprint density at radius 2 is 1.82 bits per heavy atom. The molecule has 2 heterocycles. The van der Waals surface area contributed by atoms with E-state index in [1.54, 1.807) is 38.5 Å². The molecule has 278 valence electrons. The van der Waals surface area contributed by atoms with E-state index in [2.05, 4.69) is 24.5 Å². The summed E-state index contributed by atoms with van der Waals surface area (Å²) in [6.07, 6.45) is 11.4. The third-order valence-electron chi connectivity index (χ3n) is 13.3. The number of ketones is 2. The Balaban J connectivity index is 0.000000237. The number of esters is 1. The molecule has 2 N–H and O–H groups in total. The van der Waals surface area contributed by atoms with Crippen LogP contribution < -0.4 is 5.32 Å². The number of amides is 2. The number of carbonyl (C=O) groups excluding carboxylic acids is 4. The van der Waals surface area contributed by atoms with Crippen LogP contribution in [0.5, 0.6) is 0 Å². The molecule has 3 saturated carbocycles. The Labute approximate surface area is 303 Å². The topological polar surface area (TPSA) is 168 Å². The molecule has 8 unspecified atom stereocenters. The molecule has 8 atom stereocenters. The Hall–Kier alpha value is -3.51. The minimum atomic E-state index is -1.17. The predicted octanol–water partition coefficient (Wildman–Crippen LogP) is 6.93. The number of epoxide rings is 1. The van der Waals surface area contributed by atoms with Gasteiger partial charge in [-0.1, -0.05) is 26.8 Å². The van der Waals surface area contributed by atoms with E-state index in [0.29, 0.717) is 18.4 Å². The maximum atomic E-state index is 14.3. The number of Topliss-reactive ketones (excluding diaryl/α,β-unsaturated/α-hetero) is 1. The van der Waals surface area contributed by atoms with Gasteiger partial charge < -0.3 is 24.3 Å². The van der Waals surface area contributed by atoms with E-state index in [1.165, 1.54) is 6.92 Å². The average Bonchev–Trinajstić information content (AvgIpc) is 3.43. The van der Waals surface area contributed by atoms with Crippen molar-refractivity contribution in [1.82, 2.24) is 10.3 Å². The van der Waals surface area contributed by atoms with Crippen molar-refractivity contribution in [2.75, 3.05) is 12.4 Å². The summed E-state index contributed by atoms with van der Waals surface area (Å²) in [4.78, 5) is 61.6. The van der Waals surface area contributed by atoms with E-state index < -0.39 is 57.1 Å². The van der Waals surface area contributed by atoms with E-state index in [-0.39, 0.29) is 42.0 Å². The first-order valence-corrected chi connectivity index (χ1v) is 18.5. The van der Waals surface area contributed by atoms with Gasteiger partial charge in [-0.3, -0.25) is 14.4 Å². The van der Waals surface area contributed by atoms with Crippen LogP contribution in [0.3, 0.4) is 0 Å². The number of carbonyl (C=O) groups is 4. The summed E-state index contributed by atoms with van der Waals surface area (Å²) in [6, 6.07) is 1.68. The Morgan fingerprint density at radius 3 is 2.41 bits per heavy atom. The Bertz CT molecular complexity index is 1670. The van der Waals surface area contributed by atoms with Gasteiger partial charge in [-0.2, -0.15) is 5.01 Å². The van der Waals surface area contributed by atoms with Crippen molar-refractivity contribution in [3.63, 3.8) is 0 Å². The number of furan rings is 1. The number of allylic oxidation sites excluding steroid dienone is 4. The fourth-order valence-corrected chi connectivity index (χ4v) is 11.3. The van der Waals surface area contributed by atoms with Crippen molar-refractivity contribution in [3.05, 3.63) is 52.5 Å². The van der Waals surface area contributed by atoms with Gasteiger partial charge in [0.15, 0.2) is 11.5 Å². The van der Waals surface area contributed by atoms with Crippen molar-refractivity contribution < 1.29 is 38.2 Å². The van der Waals surface area contributed by atoms with Crippen molar-refractivity contribution in [3.8, 4) is 0 Å². The predicted molar refractivity (Wildman–Crippen MR) is 187 cm³/mol. The molecular formula is C38H50ClN3O9. The lowest BCUT2D eigenvalue weighted by Gasteiger charge is -2.64. The minimum absolute atomic E-state index is 0.0453. The molecular weight excluding hydrogens is 678 g/mol. The Kier molecular flexibility index (Phi) is 9.39. The fourth-order valence-electron chi connectivity index (χ4n) is 11.1. The largest absolute Gasteiger partial charge is 0.504 e. The summed E-state index contributed by atoms with van der Waals surface area (Å²) in [7, 11) is 0. The second-order valence-corrected chi connectivity index (χ2v) is 17.0. The van der Waals surface area contributed by atoms with Gasteiger partial charge in [-0.15, -0.1) is 16.5 Å². The molecule has 4 fully saturated rings. The molecule has 6 aliphatic rings. The molecule has 1 aromatic heterocycles. The highest BCUT2D eigenvalue weighted by Crippen LogP contribution is 2.81. The summed E-state index contributed by atoms with van der Waals surface area (Å²) in [6.45, 7) is 13.2. The highest BCUT2D eigenvalue weighted by atomic mass is 35.5. The quantitative estimate of drug-likeness (QED) is 0.104. The average molecular weight is 728 g/mol. The van der Waals surface area contributed by atoms with E-state index in [9.17, 15) is 29.2 Å². The molecule has 1 saturated heterocycles. The zero-order valence-corrected chi connectivity index (χ0v) is 31.2. The number of urea groups is 1. The number of hydrogen-bond acceptors (Lipinski definition) is 10. The van der Waals surface area contributed by atoms with Crippen molar-refractivity contribution >= 4 is 35.2 Å². The number of fused-ring (bicyclic) bond motifs is 3. The second-order valence-electron chi connectivity index (χ2n) is 16.6. The highest BCUT2D eigenvalue weighted by Gasteiger charge is 2.89. The number of rotatable bonds is 6. The molecule has 0 aromatic carbocycles. The summed E-state index contributed by atoms with van der Waals surface area (Å²) in [5.74, 6) is -0.894. The first-order valence-electron chi connectivity index (χ1n) is 18.0. The third-order valence-corrected chi connectivity index (χ3v) is 13.5. The van der Waals surface area contributed by atoms with Crippen molar-refractivity contribution in [2.24, 2.45) is 38.8 Å². The molecule has 12 nitrogen and oxygen atoms in total. The van der Waals surface area contributed by atoms with Gasteiger partial charge in [0.1, 0.15) is 11.7 Å². The number of halogens is 1. The number of nitrogens with zero attached hydrogens (tertiary/aromatic N) is 2. The molecule has 2 amide bonds. The van der Waals surface area contributed by atoms with Crippen LogP contribution in [-0.4, -0.2) is 70.0 Å². The minimum Gasteiger partial charge on any atom is -0.504 e. The molecule has 51 heavy (non-hydrogen) atoms. The number of alkyl halides is 1. The summed E-state index contributed by atoms with van der Waals surface area (Å²) < 4.78 is 17.9. The number of aliphatic hydroxyl groups excluding tert-OH is 1. The molecule has 7 rings (SSSR count). The van der Waals surface area contributed by atoms with Gasteiger partial charge in [0.2, 0.25) is 5.78 Å². The van der Waals surface area contributed by atoms with Crippen LogP contribution in [0.25, 0.3) is 0 Å². The number of ether oxygens (including phenoxy) is 2. The molecule has 0 radical (unpaired) electrons. The van der Waals surface area contributed by atoms with Crippen LogP contribution in [0.15, 0.2) is 51.8 Å². The van der Waals surface area contributed by atoms with Crippen LogP contribution in [0.2, 0.25) is 0 Å². The SMILES string of the molecule is CC(=O)OC1CC2(C)C(c3ccoc3)CC3OC32C2(C)C(=O)C(O)=C3C(C)(C)C(=O)C=CC3(C)C12.CC1CCC(NC(=O)N(CCCl)N=O)CC1. The van der Waals surface area contributed by atoms with Crippen LogP contribution in [-0.2, 0) is 23.9 Å². The van der Waals surface area contributed by atoms with Gasteiger partial charge >= 0.3 is 12.0 Å². The van der Waals surface area contributed by atoms with Crippen molar-refractivity contribution in [1.29, 1.82) is 0 Å². The monoisotopic (exact) mass is 727 g/mol. The number of nitrogens with one attached hydrogen (secondary N) is 1. The van der Waals surface area contributed by atoms with E-state index in [0.717, 1.165) is 42.2 Å². The first kappa shape index (κ1) is 37.3. The maximum Gasteiger partial charge on any atom is 0.340 e. The number of hydrogen-bond donors (Lipinski definition) is 2. The fraction of sp³-hybridized carbons (Fsp3) is 0.684. The van der Waals surface area contributed by atoms with Crippen molar-refractivity contribution in [2.45, 2.75) is 117 Å². The smallest absolute Gasteiger partial charge is 0.340 e. The van der Waals surface area contributed by atoms with E-state index in [4.69, 9.17) is 25.5 Å². The lowest BCUT2D eigenvalue weighted by Crippen LogP contribution is -2.70. The lowest BCUT2D eigenvalue weighted by atomic mass is 9.38. The highest BCUT2D eigenvalue weighted by molar-refractivity contribution is 6.18. The summed E-state index contributed by atoms with van der Waals surface area (Å²) in [5, 5.41) is 17.8. The molecule has 13 heteroatoms. The summed E-state index contributed by atoms with van der Waals surface area (Å²) in [5.41, 5.74) is -3.06. The number of aliphatic hydroxyl groups is 1. The summed E-state index contributed by atoms with van der Waals surface area (Å²) >= 11 is 5.46. The van der Waals surface area contributed by atoms with Gasteiger partial charge in [0, 0.05) is 35.6 Å². The first-order chi connectivity index (χ1) is 23.9. The van der Waals surface area contributed by atoms with Gasteiger partial charge in [0.05, 0.1) is 41.3 Å². The zero-order valence-electron chi connectivity index (χ0n) is 30.5. The zero-order chi connectivity index (χ0) is 37.3. The van der Waals surface area contributed by atoms with Crippen LogP contribution in [0.4, 0.5) is 4.79 Å². The maximum absolute atomic E-state index is 14.3. The van der Waals surface area contributed by atoms with Crippen LogP contribution >= 0.6 is 11.6 Å². The van der Waals surface area contributed by atoms with E-state index >= 15 is 0 Å².